The summed E-state index contributed by atoms with van der Waals surface area (Å²) in [4.78, 5) is 23.0. The van der Waals surface area contributed by atoms with E-state index in [1.54, 1.807) is 6.92 Å². The smallest absolute Gasteiger partial charge is 0.143 e. The number of hydrogen-bond donors (Lipinski definition) is 0. The van der Waals surface area contributed by atoms with Gasteiger partial charge in [0.2, 0.25) is 0 Å². The second-order valence-electron chi connectivity index (χ2n) is 4.35. The highest BCUT2D eigenvalue weighted by Crippen LogP contribution is 2.31. The van der Waals surface area contributed by atoms with Crippen molar-refractivity contribution in [2.45, 2.75) is 52.4 Å². The second kappa shape index (κ2) is 5.28. The van der Waals surface area contributed by atoms with Gasteiger partial charge in [-0.3, -0.25) is 9.59 Å². The molecule has 2 nitrogen and oxygen atoms in total. The lowest BCUT2D eigenvalue weighted by Gasteiger charge is -2.28. The van der Waals surface area contributed by atoms with Crippen LogP contribution in [0.25, 0.3) is 0 Å². The molecule has 0 amide bonds. The van der Waals surface area contributed by atoms with Gasteiger partial charge in [0.25, 0.3) is 0 Å². The maximum atomic E-state index is 11.6. The zero-order chi connectivity index (χ0) is 10.6. The molecule has 0 radical (unpaired) electrons. The number of carbonyl (C=O) groups is 2. The minimum Gasteiger partial charge on any atom is -0.299 e. The summed E-state index contributed by atoms with van der Waals surface area (Å²) in [7, 11) is 0. The number of Topliss-reactive ketones (excluding diaryl/α,β-unsaturated/α-hetero) is 2. The number of rotatable bonds is 4. The summed E-state index contributed by atoms with van der Waals surface area (Å²) in [6.45, 7) is 3.71. The molecule has 0 aliphatic heterocycles. The predicted octanol–water partition coefficient (Wildman–Crippen LogP) is 2.75. The van der Waals surface area contributed by atoms with Crippen LogP contribution < -0.4 is 0 Å². The first-order chi connectivity index (χ1) is 6.66. The third-order valence-corrected chi connectivity index (χ3v) is 3.18. The predicted molar refractivity (Wildman–Crippen MR) is 56.0 cm³/mol. The van der Waals surface area contributed by atoms with Gasteiger partial charge in [0.15, 0.2) is 0 Å². The molecule has 1 rings (SSSR count). The summed E-state index contributed by atoms with van der Waals surface area (Å²) >= 11 is 0. The van der Waals surface area contributed by atoms with E-state index in [1.165, 1.54) is 0 Å². The van der Waals surface area contributed by atoms with Crippen molar-refractivity contribution in [3.8, 4) is 0 Å². The summed E-state index contributed by atoms with van der Waals surface area (Å²) in [5.74, 6) is 0.338. The van der Waals surface area contributed by atoms with Crippen LogP contribution in [0.1, 0.15) is 52.4 Å². The second-order valence-corrected chi connectivity index (χ2v) is 4.35. The molecule has 0 heterocycles. The van der Waals surface area contributed by atoms with Gasteiger partial charge in [-0.15, -0.1) is 0 Å². The van der Waals surface area contributed by atoms with Gasteiger partial charge in [0.1, 0.15) is 11.6 Å². The van der Waals surface area contributed by atoms with Gasteiger partial charge in [0.05, 0.1) is 5.92 Å². The fourth-order valence-electron chi connectivity index (χ4n) is 2.46. The SMILES string of the molecule is CCCCC1CCCC(=O)C1C(C)=O. The van der Waals surface area contributed by atoms with Crippen molar-refractivity contribution in [2.75, 3.05) is 0 Å². The van der Waals surface area contributed by atoms with E-state index in [0.717, 1.165) is 32.1 Å². The van der Waals surface area contributed by atoms with Crippen LogP contribution in [0.15, 0.2) is 0 Å². The van der Waals surface area contributed by atoms with E-state index in [2.05, 4.69) is 6.92 Å². The summed E-state index contributed by atoms with van der Waals surface area (Å²) in [6, 6.07) is 0. The first-order valence-corrected chi connectivity index (χ1v) is 5.70. The molecule has 1 aliphatic rings. The van der Waals surface area contributed by atoms with Crippen LogP contribution in [0.5, 0.6) is 0 Å². The van der Waals surface area contributed by atoms with Crippen LogP contribution >= 0.6 is 0 Å². The largest absolute Gasteiger partial charge is 0.299 e. The highest BCUT2D eigenvalue weighted by atomic mass is 16.1. The third-order valence-electron chi connectivity index (χ3n) is 3.18. The maximum Gasteiger partial charge on any atom is 0.143 e. The van der Waals surface area contributed by atoms with Crippen LogP contribution in [0.3, 0.4) is 0 Å². The summed E-state index contributed by atoms with van der Waals surface area (Å²) < 4.78 is 0. The lowest BCUT2D eigenvalue weighted by molar-refractivity contribution is -0.136. The van der Waals surface area contributed by atoms with Gasteiger partial charge < -0.3 is 0 Å². The quantitative estimate of drug-likeness (QED) is 0.648. The van der Waals surface area contributed by atoms with Crippen molar-refractivity contribution in [3.05, 3.63) is 0 Å². The molecule has 0 spiro atoms. The van der Waals surface area contributed by atoms with Crippen molar-refractivity contribution < 1.29 is 9.59 Å². The standard InChI is InChI=1S/C12H20O2/c1-3-4-6-10-7-5-8-11(14)12(10)9(2)13/h10,12H,3-8H2,1-2H3. The fraction of sp³-hybridized carbons (Fsp3) is 0.833. The topological polar surface area (TPSA) is 34.1 Å². The van der Waals surface area contributed by atoms with Crippen LogP contribution in [-0.4, -0.2) is 11.6 Å². The Morgan fingerprint density at radius 3 is 2.79 bits per heavy atom. The maximum absolute atomic E-state index is 11.6. The Bertz CT molecular complexity index is 220. The molecule has 0 N–H and O–H groups in total. The third kappa shape index (κ3) is 2.66. The molecule has 1 fully saturated rings. The Morgan fingerprint density at radius 2 is 2.21 bits per heavy atom. The minimum absolute atomic E-state index is 0.0794. The Morgan fingerprint density at radius 1 is 1.50 bits per heavy atom. The van der Waals surface area contributed by atoms with Gasteiger partial charge in [-0.1, -0.05) is 19.8 Å². The average Bonchev–Trinajstić information content (AvgIpc) is 2.14. The van der Waals surface area contributed by atoms with Crippen molar-refractivity contribution in [3.63, 3.8) is 0 Å². The fourth-order valence-corrected chi connectivity index (χ4v) is 2.46. The van der Waals surface area contributed by atoms with E-state index in [0.29, 0.717) is 12.3 Å². The molecule has 2 unspecified atom stereocenters. The monoisotopic (exact) mass is 196 g/mol. The van der Waals surface area contributed by atoms with Gasteiger partial charge in [-0.2, -0.15) is 0 Å². The van der Waals surface area contributed by atoms with Crippen molar-refractivity contribution in [2.24, 2.45) is 11.8 Å². The molecule has 0 saturated heterocycles. The lowest BCUT2D eigenvalue weighted by atomic mass is 9.74. The first-order valence-electron chi connectivity index (χ1n) is 5.70. The van der Waals surface area contributed by atoms with E-state index in [1.807, 2.05) is 0 Å². The molecule has 80 valence electrons. The van der Waals surface area contributed by atoms with Gasteiger partial charge in [-0.05, 0) is 32.1 Å². The zero-order valence-corrected chi connectivity index (χ0v) is 9.21. The molecule has 0 aromatic heterocycles. The molecule has 2 heteroatoms. The normalized spacial score (nSPS) is 27.7. The molecular weight excluding hydrogens is 176 g/mol. The van der Waals surface area contributed by atoms with E-state index >= 15 is 0 Å². The van der Waals surface area contributed by atoms with Crippen molar-refractivity contribution in [1.29, 1.82) is 0 Å². The van der Waals surface area contributed by atoms with E-state index in [4.69, 9.17) is 0 Å². The molecule has 0 aromatic rings. The van der Waals surface area contributed by atoms with Crippen molar-refractivity contribution >= 4 is 11.6 Å². The number of carbonyl (C=O) groups excluding carboxylic acids is 2. The van der Waals surface area contributed by atoms with E-state index in [-0.39, 0.29) is 17.5 Å². The number of unbranched alkanes of at least 4 members (excludes halogenated alkanes) is 1. The van der Waals surface area contributed by atoms with Crippen LogP contribution in [-0.2, 0) is 9.59 Å². The Balaban J connectivity index is 2.60. The summed E-state index contributed by atoms with van der Waals surface area (Å²) in [5, 5.41) is 0. The van der Waals surface area contributed by atoms with Crippen LogP contribution in [0.2, 0.25) is 0 Å². The van der Waals surface area contributed by atoms with Gasteiger partial charge >= 0.3 is 0 Å². The average molecular weight is 196 g/mol. The van der Waals surface area contributed by atoms with Crippen molar-refractivity contribution in [1.82, 2.24) is 0 Å². The Kier molecular flexibility index (Phi) is 4.30. The van der Waals surface area contributed by atoms with Gasteiger partial charge in [-0.25, -0.2) is 0 Å². The molecule has 0 bridgehead atoms. The molecule has 0 aromatic carbocycles. The molecule has 1 aliphatic carbocycles. The highest BCUT2D eigenvalue weighted by Gasteiger charge is 2.34. The lowest BCUT2D eigenvalue weighted by Crippen LogP contribution is -2.33. The highest BCUT2D eigenvalue weighted by molar-refractivity contribution is 6.02. The van der Waals surface area contributed by atoms with Crippen LogP contribution in [0.4, 0.5) is 0 Å². The summed E-state index contributed by atoms with van der Waals surface area (Å²) in [5.41, 5.74) is 0. The molecule has 14 heavy (non-hydrogen) atoms. The summed E-state index contributed by atoms with van der Waals surface area (Å²) in [6.07, 6.45) is 6.00. The van der Waals surface area contributed by atoms with Crippen LogP contribution in [0, 0.1) is 11.8 Å². The zero-order valence-electron chi connectivity index (χ0n) is 9.21. The minimum atomic E-state index is -0.268. The number of hydrogen-bond acceptors (Lipinski definition) is 2. The molecular formula is C12H20O2. The van der Waals surface area contributed by atoms with Gasteiger partial charge in [0, 0.05) is 6.42 Å². The molecule has 1 saturated carbocycles. The Hall–Kier alpha value is -0.660. The van der Waals surface area contributed by atoms with E-state index in [9.17, 15) is 9.59 Å². The Labute approximate surface area is 86.1 Å². The first kappa shape index (κ1) is 11.4. The van der Waals surface area contributed by atoms with E-state index < -0.39 is 0 Å². The molecule has 2 atom stereocenters. The number of ketones is 2.